The number of amides is 1. The molecule has 4 nitrogen and oxygen atoms in total. The summed E-state index contributed by atoms with van der Waals surface area (Å²) in [6, 6.07) is 8.17. The molecule has 2 aromatic rings. The van der Waals surface area contributed by atoms with E-state index in [1.807, 2.05) is 31.3 Å². The van der Waals surface area contributed by atoms with Crippen LogP contribution in [0, 0.1) is 5.92 Å². The molecular formula is C14H19N3O. The Morgan fingerprint density at radius 2 is 2.22 bits per heavy atom. The minimum absolute atomic E-state index is 0.0253. The third kappa shape index (κ3) is 2.71. The van der Waals surface area contributed by atoms with Crippen LogP contribution in [0.2, 0.25) is 0 Å². The molecule has 1 aromatic heterocycles. The van der Waals surface area contributed by atoms with Gasteiger partial charge in [0.05, 0.1) is 0 Å². The maximum Gasteiger partial charge on any atom is 0.224 e. The van der Waals surface area contributed by atoms with Gasteiger partial charge < -0.3 is 16.0 Å². The number of aromatic nitrogens is 1. The average molecular weight is 245 g/mol. The zero-order chi connectivity index (χ0) is 13.0. The highest BCUT2D eigenvalue weighted by molar-refractivity contribution is 5.83. The van der Waals surface area contributed by atoms with Crippen LogP contribution in [0.3, 0.4) is 0 Å². The van der Waals surface area contributed by atoms with Crippen LogP contribution in [0.15, 0.2) is 30.5 Å². The number of carbonyl (C=O) groups excluding carboxylic acids is 1. The summed E-state index contributed by atoms with van der Waals surface area (Å²) >= 11 is 0. The zero-order valence-corrected chi connectivity index (χ0v) is 10.6. The van der Waals surface area contributed by atoms with Crippen LogP contribution in [0.25, 0.3) is 10.9 Å². The molecule has 0 bridgehead atoms. The van der Waals surface area contributed by atoms with E-state index in [1.165, 1.54) is 10.9 Å². The van der Waals surface area contributed by atoms with Crippen molar-refractivity contribution in [3.63, 3.8) is 0 Å². The first kappa shape index (κ1) is 12.6. The van der Waals surface area contributed by atoms with E-state index in [9.17, 15) is 4.79 Å². The number of fused-ring (bicyclic) bond motifs is 1. The Morgan fingerprint density at radius 3 is 3.00 bits per heavy atom. The van der Waals surface area contributed by atoms with Crippen LogP contribution < -0.4 is 11.1 Å². The minimum Gasteiger partial charge on any atom is -0.361 e. The minimum atomic E-state index is -0.118. The SMILES string of the molecule is CC(CN)C(=O)NCCc1c[nH]c2ccccc12. The van der Waals surface area contributed by atoms with E-state index in [4.69, 9.17) is 5.73 Å². The molecule has 0 saturated carbocycles. The van der Waals surface area contributed by atoms with Crippen LogP contribution in [0.1, 0.15) is 12.5 Å². The number of benzene rings is 1. The molecule has 1 amide bonds. The van der Waals surface area contributed by atoms with Crippen LogP contribution >= 0.6 is 0 Å². The van der Waals surface area contributed by atoms with Crippen molar-refractivity contribution in [3.05, 3.63) is 36.0 Å². The van der Waals surface area contributed by atoms with Crippen LogP contribution in [-0.4, -0.2) is 24.0 Å². The van der Waals surface area contributed by atoms with Gasteiger partial charge in [0.2, 0.25) is 5.91 Å². The van der Waals surface area contributed by atoms with Crippen molar-refractivity contribution in [1.82, 2.24) is 10.3 Å². The van der Waals surface area contributed by atoms with Gasteiger partial charge in [-0.1, -0.05) is 25.1 Å². The van der Waals surface area contributed by atoms with E-state index in [0.717, 1.165) is 11.9 Å². The van der Waals surface area contributed by atoms with Crippen LogP contribution in [0.5, 0.6) is 0 Å². The molecule has 4 N–H and O–H groups in total. The van der Waals surface area contributed by atoms with Gasteiger partial charge in [-0.2, -0.15) is 0 Å². The molecule has 18 heavy (non-hydrogen) atoms. The quantitative estimate of drug-likeness (QED) is 0.745. The highest BCUT2D eigenvalue weighted by Gasteiger charge is 2.10. The van der Waals surface area contributed by atoms with E-state index in [2.05, 4.69) is 16.4 Å². The van der Waals surface area contributed by atoms with Gasteiger partial charge in [-0.05, 0) is 18.1 Å². The highest BCUT2D eigenvalue weighted by Crippen LogP contribution is 2.17. The number of para-hydroxylation sites is 1. The molecule has 0 saturated heterocycles. The first-order valence-corrected chi connectivity index (χ1v) is 6.25. The van der Waals surface area contributed by atoms with Gasteiger partial charge in [-0.3, -0.25) is 4.79 Å². The molecule has 4 heteroatoms. The van der Waals surface area contributed by atoms with Gasteiger partial charge in [0.15, 0.2) is 0 Å². The first-order chi connectivity index (χ1) is 8.72. The number of nitrogens with one attached hydrogen (secondary N) is 2. The lowest BCUT2D eigenvalue weighted by Crippen LogP contribution is -2.34. The molecule has 0 spiro atoms. The number of carbonyl (C=O) groups is 1. The maximum atomic E-state index is 11.6. The van der Waals surface area contributed by atoms with E-state index in [1.54, 1.807) is 0 Å². The van der Waals surface area contributed by atoms with Crippen molar-refractivity contribution in [2.45, 2.75) is 13.3 Å². The number of aromatic amines is 1. The molecule has 2 rings (SSSR count). The van der Waals surface area contributed by atoms with E-state index >= 15 is 0 Å². The lowest BCUT2D eigenvalue weighted by Gasteiger charge is -2.09. The van der Waals surface area contributed by atoms with Crippen molar-refractivity contribution in [1.29, 1.82) is 0 Å². The fourth-order valence-corrected chi connectivity index (χ4v) is 1.94. The second-order valence-electron chi connectivity index (χ2n) is 4.54. The molecule has 0 radical (unpaired) electrons. The molecule has 1 unspecified atom stereocenters. The first-order valence-electron chi connectivity index (χ1n) is 6.25. The van der Waals surface area contributed by atoms with Gasteiger partial charge in [0.1, 0.15) is 0 Å². The van der Waals surface area contributed by atoms with Gasteiger partial charge in [0.25, 0.3) is 0 Å². The highest BCUT2D eigenvalue weighted by atomic mass is 16.1. The molecule has 1 atom stereocenters. The molecule has 96 valence electrons. The molecule has 0 fully saturated rings. The Labute approximate surface area is 107 Å². The lowest BCUT2D eigenvalue weighted by atomic mass is 10.1. The molecule has 1 heterocycles. The summed E-state index contributed by atoms with van der Waals surface area (Å²) in [5.41, 5.74) is 7.81. The fourth-order valence-electron chi connectivity index (χ4n) is 1.94. The molecular weight excluding hydrogens is 226 g/mol. The zero-order valence-electron chi connectivity index (χ0n) is 10.6. The van der Waals surface area contributed by atoms with E-state index in [-0.39, 0.29) is 11.8 Å². The van der Waals surface area contributed by atoms with Crippen molar-refractivity contribution < 1.29 is 4.79 Å². The van der Waals surface area contributed by atoms with Crippen molar-refractivity contribution in [2.75, 3.05) is 13.1 Å². The molecule has 1 aromatic carbocycles. The number of hydrogen-bond acceptors (Lipinski definition) is 2. The summed E-state index contributed by atoms with van der Waals surface area (Å²) in [5.74, 6) is -0.0923. The number of hydrogen-bond donors (Lipinski definition) is 3. The molecule has 0 aliphatic heterocycles. The lowest BCUT2D eigenvalue weighted by molar-refractivity contribution is -0.124. The van der Waals surface area contributed by atoms with Crippen molar-refractivity contribution >= 4 is 16.8 Å². The molecule has 0 aliphatic rings. The Bertz CT molecular complexity index is 533. The van der Waals surface area contributed by atoms with E-state index in [0.29, 0.717) is 13.1 Å². The maximum absolute atomic E-state index is 11.6. The van der Waals surface area contributed by atoms with Crippen LogP contribution in [0.4, 0.5) is 0 Å². The van der Waals surface area contributed by atoms with Gasteiger partial charge in [-0.15, -0.1) is 0 Å². The predicted molar refractivity (Wildman–Crippen MR) is 73.2 cm³/mol. The van der Waals surface area contributed by atoms with Crippen LogP contribution in [-0.2, 0) is 11.2 Å². The Kier molecular flexibility index (Phi) is 3.99. The van der Waals surface area contributed by atoms with E-state index < -0.39 is 0 Å². The second kappa shape index (κ2) is 5.69. The Balaban J connectivity index is 1.93. The third-order valence-electron chi connectivity index (χ3n) is 3.17. The second-order valence-corrected chi connectivity index (χ2v) is 4.54. The summed E-state index contributed by atoms with van der Waals surface area (Å²) in [6.45, 7) is 2.87. The average Bonchev–Trinajstić information content (AvgIpc) is 2.81. The van der Waals surface area contributed by atoms with Crippen molar-refractivity contribution in [2.24, 2.45) is 11.7 Å². The van der Waals surface area contributed by atoms with Gasteiger partial charge >= 0.3 is 0 Å². The van der Waals surface area contributed by atoms with Gasteiger partial charge in [-0.25, -0.2) is 0 Å². The standard InChI is InChI=1S/C14H19N3O/c1-10(8-15)14(18)16-7-6-11-9-17-13-5-3-2-4-12(11)13/h2-5,9-10,17H,6-8,15H2,1H3,(H,16,18). The Hall–Kier alpha value is -1.81. The fraction of sp³-hybridized carbons (Fsp3) is 0.357. The number of rotatable bonds is 5. The molecule has 0 aliphatic carbocycles. The summed E-state index contributed by atoms with van der Waals surface area (Å²) < 4.78 is 0. The normalized spacial score (nSPS) is 12.6. The Morgan fingerprint density at radius 1 is 1.44 bits per heavy atom. The number of H-pyrrole nitrogens is 1. The predicted octanol–water partition coefficient (Wildman–Crippen LogP) is 1.42. The summed E-state index contributed by atoms with van der Waals surface area (Å²) in [6.07, 6.45) is 2.83. The van der Waals surface area contributed by atoms with Gasteiger partial charge in [0, 0.05) is 36.1 Å². The smallest absolute Gasteiger partial charge is 0.224 e. The topological polar surface area (TPSA) is 70.9 Å². The van der Waals surface area contributed by atoms with Crippen molar-refractivity contribution in [3.8, 4) is 0 Å². The number of nitrogens with two attached hydrogens (primary N) is 1. The largest absolute Gasteiger partial charge is 0.361 e. The third-order valence-corrected chi connectivity index (χ3v) is 3.17. The monoisotopic (exact) mass is 245 g/mol. The summed E-state index contributed by atoms with van der Waals surface area (Å²) in [5, 5.41) is 4.12. The summed E-state index contributed by atoms with van der Waals surface area (Å²) in [4.78, 5) is 14.8. The summed E-state index contributed by atoms with van der Waals surface area (Å²) in [7, 11) is 0.